The summed E-state index contributed by atoms with van der Waals surface area (Å²) in [5.41, 5.74) is 2.00. The molecule has 5 nitrogen and oxygen atoms in total. The molecule has 1 aliphatic rings. The van der Waals surface area contributed by atoms with Crippen molar-refractivity contribution in [1.29, 1.82) is 0 Å². The van der Waals surface area contributed by atoms with Gasteiger partial charge < -0.3 is 14.2 Å². The fourth-order valence-electron chi connectivity index (χ4n) is 3.42. The highest BCUT2D eigenvalue weighted by atomic mass is 32.1. The van der Waals surface area contributed by atoms with Crippen LogP contribution < -0.4 is 5.56 Å². The first-order valence-corrected chi connectivity index (χ1v) is 10.0. The average Bonchev–Trinajstić information content (AvgIpc) is 3.29. The van der Waals surface area contributed by atoms with Crippen LogP contribution in [0, 0.1) is 0 Å². The van der Waals surface area contributed by atoms with Gasteiger partial charge in [0.15, 0.2) is 0 Å². The first kappa shape index (κ1) is 18.9. The lowest BCUT2D eigenvalue weighted by molar-refractivity contribution is 0.0505. The fourth-order valence-corrected chi connectivity index (χ4v) is 4.08. The largest absolute Gasteiger partial charge is 0.376 e. The summed E-state index contributed by atoms with van der Waals surface area (Å²) in [7, 11) is 1.73. The van der Waals surface area contributed by atoms with E-state index in [-0.39, 0.29) is 29.1 Å². The molecule has 0 aliphatic carbocycles. The molecule has 26 heavy (non-hydrogen) atoms. The predicted molar refractivity (Wildman–Crippen MR) is 104 cm³/mol. The van der Waals surface area contributed by atoms with Gasteiger partial charge in [0.05, 0.1) is 6.10 Å². The van der Waals surface area contributed by atoms with Crippen LogP contribution in [0.5, 0.6) is 0 Å². The standard InChI is InChI=1S/C20H26N2O3S/c1-14(2)18-7-6-17(19(23)21(18)3)20(24)22(11-15-8-10-26-13-15)12-16-5-4-9-25-16/h6-8,10,13-14,16H,4-5,9,11-12H2,1-3H3. The molecule has 1 atom stereocenters. The van der Waals surface area contributed by atoms with Crippen LogP contribution in [-0.2, 0) is 18.3 Å². The SMILES string of the molecule is CC(C)c1ccc(C(=O)N(Cc2ccsc2)CC2CCCO2)c(=O)n1C. The molecule has 2 aromatic heterocycles. The Bertz CT molecular complexity index is 805. The number of pyridine rings is 1. The van der Waals surface area contributed by atoms with Crippen molar-refractivity contribution < 1.29 is 9.53 Å². The Kier molecular flexibility index (Phi) is 5.94. The van der Waals surface area contributed by atoms with Gasteiger partial charge in [0.1, 0.15) is 5.56 Å². The highest BCUT2D eigenvalue weighted by Crippen LogP contribution is 2.18. The molecular formula is C20H26N2O3S. The number of aromatic nitrogens is 1. The Morgan fingerprint density at radius 1 is 1.38 bits per heavy atom. The zero-order valence-electron chi connectivity index (χ0n) is 15.6. The van der Waals surface area contributed by atoms with Gasteiger partial charge in [-0.25, -0.2) is 0 Å². The molecule has 0 aromatic carbocycles. The number of hydrogen-bond donors (Lipinski definition) is 0. The fraction of sp³-hybridized carbons (Fsp3) is 0.500. The van der Waals surface area contributed by atoms with Gasteiger partial charge in [-0.2, -0.15) is 11.3 Å². The normalized spacial score (nSPS) is 17.0. The number of hydrogen-bond acceptors (Lipinski definition) is 4. The van der Waals surface area contributed by atoms with Crippen LogP contribution in [0.3, 0.4) is 0 Å². The van der Waals surface area contributed by atoms with Gasteiger partial charge in [-0.15, -0.1) is 0 Å². The lowest BCUT2D eigenvalue weighted by Crippen LogP contribution is -2.40. The van der Waals surface area contributed by atoms with Crippen LogP contribution in [-0.4, -0.2) is 34.6 Å². The van der Waals surface area contributed by atoms with E-state index in [1.54, 1.807) is 33.9 Å². The van der Waals surface area contributed by atoms with Crippen molar-refractivity contribution in [2.75, 3.05) is 13.2 Å². The van der Waals surface area contributed by atoms with E-state index < -0.39 is 0 Å². The Morgan fingerprint density at radius 2 is 2.19 bits per heavy atom. The van der Waals surface area contributed by atoms with E-state index in [1.165, 1.54) is 0 Å². The van der Waals surface area contributed by atoms with E-state index in [1.807, 2.05) is 36.7 Å². The monoisotopic (exact) mass is 374 g/mol. The third-order valence-corrected chi connectivity index (χ3v) is 5.59. The van der Waals surface area contributed by atoms with Crippen molar-refractivity contribution in [3.8, 4) is 0 Å². The number of thiophene rings is 1. The second kappa shape index (κ2) is 8.18. The summed E-state index contributed by atoms with van der Waals surface area (Å²) >= 11 is 1.61. The second-order valence-corrected chi connectivity index (χ2v) is 7.92. The first-order chi connectivity index (χ1) is 12.5. The number of rotatable bonds is 6. The number of carbonyl (C=O) groups is 1. The van der Waals surface area contributed by atoms with Crippen molar-refractivity contribution >= 4 is 17.2 Å². The third kappa shape index (κ3) is 4.07. The van der Waals surface area contributed by atoms with Crippen molar-refractivity contribution in [3.63, 3.8) is 0 Å². The van der Waals surface area contributed by atoms with E-state index in [2.05, 4.69) is 0 Å². The van der Waals surface area contributed by atoms with Crippen molar-refractivity contribution in [1.82, 2.24) is 9.47 Å². The molecule has 1 saturated heterocycles. The van der Waals surface area contributed by atoms with E-state index in [4.69, 9.17) is 4.74 Å². The Balaban J connectivity index is 1.88. The smallest absolute Gasteiger partial charge is 0.263 e. The minimum atomic E-state index is -0.233. The van der Waals surface area contributed by atoms with Crippen molar-refractivity contribution in [2.24, 2.45) is 7.05 Å². The van der Waals surface area contributed by atoms with Crippen molar-refractivity contribution in [2.45, 2.75) is 45.3 Å². The molecular weight excluding hydrogens is 348 g/mol. The summed E-state index contributed by atoms with van der Waals surface area (Å²) in [4.78, 5) is 27.7. The number of carbonyl (C=O) groups excluding carboxylic acids is 1. The molecule has 6 heteroatoms. The molecule has 1 unspecified atom stereocenters. The predicted octanol–water partition coefficient (Wildman–Crippen LogP) is 3.39. The Labute approximate surface area is 158 Å². The summed E-state index contributed by atoms with van der Waals surface area (Å²) in [6.45, 7) is 5.84. The van der Waals surface area contributed by atoms with Gasteiger partial charge in [-0.05, 0) is 53.3 Å². The first-order valence-electron chi connectivity index (χ1n) is 9.09. The average molecular weight is 375 g/mol. The topological polar surface area (TPSA) is 51.5 Å². The summed E-state index contributed by atoms with van der Waals surface area (Å²) < 4.78 is 7.31. The van der Waals surface area contributed by atoms with Crippen LogP contribution in [0.15, 0.2) is 33.8 Å². The second-order valence-electron chi connectivity index (χ2n) is 7.14. The Morgan fingerprint density at radius 3 is 2.81 bits per heavy atom. The number of amides is 1. The zero-order chi connectivity index (χ0) is 18.7. The molecule has 0 radical (unpaired) electrons. The van der Waals surface area contributed by atoms with Gasteiger partial charge in [0.2, 0.25) is 0 Å². The van der Waals surface area contributed by atoms with Gasteiger partial charge >= 0.3 is 0 Å². The molecule has 3 heterocycles. The van der Waals surface area contributed by atoms with E-state index >= 15 is 0 Å². The van der Waals surface area contributed by atoms with Gasteiger partial charge in [0, 0.05) is 32.4 Å². The molecule has 3 rings (SSSR count). The summed E-state index contributed by atoms with van der Waals surface area (Å²) in [6.07, 6.45) is 2.03. The maximum atomic E-state index is 13.2. The number of ether oxygens (including phenoxy) is 1. The van der Waals surface area contributed by atoms with Crippen LogP contribution in [0.1, 0.15) is 54.2 Å². The van der Waals surface area contributed by atoms with Crippen LogP contribution in [0.4, 0.5) is 0 Å². The molecule has 140 valence electrons. The molecule has 1 amide bonds. The van der Waals surface area contributed by atoms with Crippen molar-refractivity contribution in [3.05, 3.63) is 56.1 Å². The lowest BCUT2D eigenvalue weighted by Gasteiger charge is -2.25. The van der Waals surface area contributed by atoms with Gasteiger partial charge in [0.25, 0.3) is 11.5 Å². The third-order valence-electron chi connectivity index (χ3n) is 4.85. The van der Waals surface area contributed by atoms with Gasteiger partial charge in [-0.3, -0.25) is 9.59 Å². The molecule has 1 fully saturated rings. The number of nitrogens with zero attached hydrogens (tertiary/aromatic N) is 2. The molecule has 1 aliphatic heterocycles. The van der Waals surface area contributed by atoms with Crippen LogP contribution in [0.2, 0.25) is 0 Å². The minimum Gasteiger partial charge on any atom is -0.376 e. The lowest BCUT2D eigenvalue weighted by atomic mass is 10.1. The van der Waals surface area contributed by atoms with E-state index in [9.17, 15) is 9.59 Å². The van der Waals surface area contributed by atoms with E-state index in [0.29, 0.717) is 13.1 Å². The molecule has 0 N–H and O–H groups in total. The maximum Gasteiger partial charge on any atom is 0.263 e. The van der Waals surface area contributed by atoms with Crippen LogP contribution >= 0.6 is 11.3 Å². The Hall–Kier alpha value is -1.92. The molecule has 2 aromatic rings. The maximum absolute atomic E-state index is 13.2. The zero-order valence-corrected chi connectivity index (χ0v) is 16.4. The van der Waals surface area contributed by atoms with Gasteiger partial charge in [-0.1, -0.05) is 13.8 Å². The van der Waals surface area contributed by atoms with Crippen LogP contribution in [0.25, 0.3) is 0 Å². The summed E-state index contributed by atoms with van der Waals surface area (Å²) in [5, 5.41) is 4.04. The van der Waals surface area contributed by atoms with E-state index in [0.717, 1.165) is 30.7 Å². The molecule has 0 saturated carbocycles. The summed E-state index contributed by atoms with van der Waals surface area (Å²) in [5.74, 6) is 0.00764. The quantitative estimate of drug-likeness (QED) is 0.779. The highest BCUT2D eigenvalue weighted by Gasteiger charge is 2.26. The summed E-state index contributed by atoms with van der Waals surface area (Å²) in [6, 6.07) is 5.57. The highest BCUT2D eigenvalue weighted by molar-refractivity contribution is 7.07. The minimum absolute atomic E-state index is 0.0522. The molecule has 0 bridgehead atoms. The molecule has 0 spiro atoms.